The summed E-state index contributed by atoms with van der Waals surface area (Å²) in [5.41, 5.74) is 0.735. The molecule has 1 aliphatic rings. The van der Waals surface area contributed by atoms with Crippen molar-refractivity contribution in [1.29, 1.82) is 0 Å². The maximum Gasteiger partial charge on any atom is 0.229 e. The van der Waals surface area contributed by atoms with Gasteiger partial charge in [0, 0.05) is 38.3 Å². The van der Waals surface area contributed by atoms with Gasteiger partial charge in [-0.1, -0.05) is 12.1 Å². The third-order valence-corrected chi connectivity index (χ3v) is 3.99. The van der Waals surface area contributed by atoms with E-state index in [-0.39, 0.29) is 17.9 Å². The Hall–Kier alpha value is -2.83. The average Bonchev–Trinajstić information content (AvgIpc) is 3.22. The van der Waals surface area contributed by atoms with Gasteiger partial charge in [0.25, 0.3) is 0 Å². The number of nitrogens with one attached hydrogen (secondary N) is 1. The van der Waals surface area contributed by atoms with Crippen LogP contribution < -0.4 is 15.0 Å². The Morgan fingerprint density at radius 2 is 2.21 bits per heavy atom. The van der Waals surface area contributed by atoms with Crippen molar-refractivity contribution in [2.45, 2.75) is 25.4 Å². The number of carbonyl (C=O) groups excluding carboxylic acids is 2. The van der Waals surface area contributed by atoms with Crippen molar-refractivity contribution >= 4 is 17.5 Å². The molecule has 1 unspecified atom stereocenters. The Balaban J connectivity index is 1.57. The smallest absolute Gasteiger partial charge is 0.229 e. The van der Waals surface area contributed by atoms with Gasteiger partial charge in [-0.3, -0.25) is 14.3 Å². The quantitative estimate of drug-likeness (QED) is 0.864. The normalized spacial score (nSPS) is 17.1. The molecule has 0 saturated carbocycles. The second kappa shape index (κ2) is 7.16. The van der Waals surface area contributed by atoms with E-state index in [0.717, 1.165) is 5.69 Å². The van der Waals surface area contributed by atoms with Crippen LogP contribution in [0.5, 0.6) is 5.75 Å². The molecule has 126 valence electrons. The second-order valence-electron chi connectivity index (χ2n) is 5.66. The SMILES string of the molecule is COc1ccccc1N1CC(NC(=O)CCn2cccn2)CC1=O. The second-order valence-corrected chi connectivity index (χ2v) is 5.66. The molecule has 0 aliphatic carbocycles. The summed E-state index contributed by atoms with van der Waals surface area (Å²) < 4.78 is 7.02. The summed E-state index contributed by atoms with van der Waals surface area (Å²) in [6, 6.07) is 9.02. The van der Waals surface area contributed by atoms with Crippen LogP contribution in [0.25, 0.3) is 0 Å². The number of anilines is 1. The first-order valence-corrected chi connectivity index (χ1v) is 7.87. The van der Waals surface area contributed by atoms with E-state index in [1.165, 1.54) is 0 Å². The lowest BCUT2D eigenvalue weighted by Gasteiger charge is -2.19. The Morgan fingerprint density at radius 1 is 1.38 bits per heavy atom. The summed E-state index contributed by atoms with van der Waals surface area (Å²) in [6.45, 7) is 0.975. The molecule has 3 rings (SSSR count). The zero-order valence-electron chi connectivity index (χ0n) is 13.5. The Morgan fingerprint density at radius 3 is 2.96 bits per heavy atom. The first-order chi connectivity index (χ1) is 11.7. The van der Waals surface area contributed by atoms with Gasteiger partial charge >= 0.3 is 0 Å². The molecule has 0 radical (unpaired) electrons. The predicted octanol–water partition coefficient (Wildman–Crippen LogP) is 1.20. The highest BCUT2D eigenvalue weighted by Crippen LogP contribution is 2.30. The summed E-state index contributed by atoms with van der Waals surface area (Å²) in [5.74, 6) is 0.554. The maximum atomic E-state index is 12.3. The van der Waals surface area contributed by atoms with Crippen molar-refractivity contribution in [3.8, 4) is 5.75 Å². The number of hydrogen-bond donors (Lipinski definition) is 1. The molecule has 24 heavy (non-hydrogen) atoms. The van der Waals surface area contributed by atoms with Crippen molar-refractivity contribution in [2.75, 3.05) is 18.6 Å². The molecule has 7 heteroatoms. The fraction of sp³-hybridized carbons (Fsp3) is 0.353. The van der Waals surface area contributed by atoms with Gasteiger partial charge in [-0.15, -0.1) is 0 Å². The van der Waals surface area contributed by atoms with Gasteiger partial charge in [0.05, 0.1) is 18.8 Å². The van der Waals surface area contributed by atoms with E-state index in [2.05, 4.69) is 10.4 Å². The number of methoxy groups -OCH3 is 1. The number of amides is 2. The van der Waals surface area contributed by atoms with E-state index in [0.29, 0.717) is 31.7 Å². The highest BCUT2D eigenvalue weighted by atomic mass is 16.5. The van der Waals surface area contributed by atoms with Gasteiger partial charge in [-0.2, -0.15) is 5.10 Å². The Labute approximate surface area is 140 Å². The van der Waals surface area contributed by atoms with Gasteiger partial charge in [-0.05, 0) is 18.2 Å². The predicted molar refractivity (Wildman–Crippen MR) is 88.7 cm³/mol. The van der Waals surface area contributed by atoms with Gasteiger partial charge < -0.3 is 15.0 Å². The zero-order valence-corrected chi connectivity index (χ0v) is 13.5. The number of aromatic nitrogens is 2. The van der Waals surface area contributed by atoms with E-state index in [1.54, 1.807) is 22.9 Å². The van der Waals surface area contributed by atoms with Gasteiger partial charge in [0.1, 0.15) is 5.75 Å². The first kappa shape index (κ1) is 16.0. The number of rotatable bonds is 6. The van der Waals surface area contributed by atoms with E-state index >= 15 is 0 Å². The molecule has 2 heterocycles. The molecule has 0 spiro atoms. The van der Waals surface area contributed by atoms with Gasteiger partial charge in [-0.25, -0.2) is 0 Å². The van der Waals surface area contributed by atoms with Crippen LogP contribution in [0.3, 0.4) is 0 Å². The van der Waals surface area contributed by atoms with Crippen LogP contribution in [0, 0.1) is 0 Å². The number of para-hydroxylation sites is 2. The molecule has 1 aromatic heterocycles. The minimum absolute atomic E-state index is 0.0168. The van der Waals surface area contributed by atoms with Crippen LogP contribution in [0.4, 0.5) is 5.69 Å². The van der Waals surface area contributed by atoms with Crippen molar-refractivity contribution in [1.82, 2.24) is 15.1 Å². The van der Waals surface area contributed by atoms with Gasteiger partial charge in [0.2, 0.25) is 11.8 Å². The molecular weight excluding hydrogens is 308 g/mol. The lowest BCUT2D eigenvalue weighted by atomic mass is 10.2. The highest BCUT2D eigenvalue weighted by molar-refractivity contribution is 5.98. The van der Waals surface area contributed by atoms with Crippen molar-refractivity contribution in [2.24, 2.45) is 0 Å². The summed E-state index contributed by atoms with van der Waals surface area (Å²) in [4.78, 5) is 26.0. The number of ether oxygens (including phenoxy) is 1. The molecule has 1 saturated heterocycles. The van der Waals surface area contributed by atoms with Crippen LogP contribution in [-0.2, 0) is 16.1 Å². The number of nitrogens with zero attached hydrogens (tertiary/aromatic N) is 3. The molecule has 1 aromatic carbocycles. The summed E-state index contributed by atoms with van der Waals surface area (Å²) in [6.07, 6.45) is 4.13. The number of carbonyl (C=O) groups is 2. The van der Waals surface area contributed by atoms with Crippen LogP contribution in [0.15, 0.2) is 42.7 Å². The molecular formula is C17H20N4O3. The van der Waals surface area contributed by atoms with Gasteiger partial charge in [0.15, 0.2) is 0 Å². The third kappa shape index (κ3) is 3.56. The molecule has 1 fully saturated rings. The Kier molecular flexibility index (Phi) is 4.79. The molecule has 1 atom stereocenters. The van der Waals surface area contributed by atoms with Crippen LogP contribution in [0.2, 0.25) is 0 Å². The van der Waals surface area contributed by atoms with Crippen molar-refractivity contribution in [3.63, 3.8) is 0 Å². The average molecular weight is 328 g/mol. The van der Waals surface area contributed by atoms with E-state index in [4.69, 9.17) is 4.74 Å². The molecule has 0 bridgehead atoms. The monoisotopic (exact) mass is 328 g/mol. The minimum Gasteiger partial charge on any atom is -0.495 e. The molecule has 2 amide bonds. The summed E-state index contributed by atoms with van der Waals surface area (Å²) in [5, 5.41) is 6.99. The molecule has 2 aromatic rings. The maximum absolute atomic E-state index is 12.3. The van der Waals surface area contributed by atoms with Crippen molar-refractivity contribution < 1.29 is 14.3 Å². The van der Waals surface area contributed by atoms with E-state index in [9.17, 15) is 9.59 Å². The fourth-order valence-electron chi connectivity index (χ4n) is 2.84. The molecule has 1 N–H and O–H groups in total. The highest BCUT2D eigenvalue weighted by Gasteiger charge is 2.32. The van der Waals surface area contributed by atoms with Crippen LogP contribution >= 0.6 is 0 Å². The third-order valence-electron chi connectivity index (χ3n) is 3.99. The molecule has 7 nitrogen and oxygen atoms in total. The van der Waals surface area contributed by atoms with E-state index in [1.807, 2.05) is 36.5 Å². The minimum atomic E-state index is -0.187. The topological polar surface area (TPSA) is 76.5 Å². The number of hydrogen-bond acceptors (Lipinski definition) is 4. The largest absolute Gasteiger partial charge is 0.495 e. The fourth-order valence-corrected chi connectivity index (χ4v) is 2.84. The summed E-state index contributed by atoms with van der Waals surface area (Å²) in [7, 11) is 1.58. The zero-order chi connectivity index (χ0) is 16.9. The lowest BCUT2D eigenvalue weighted by Crippen LogP contribution is -2.37. The first-order valence-electron chi connectivity index (χ1n) is 7.87. The molecule has 1 aliphatic heterocycles. The van der Waals surface area contributed by atoms with Crippen LogP contribution in [0.1, 0.15) is 12.8 Å². The summed E-state index contributed by atoms with van der Waals surface area (Å²) >= 11 is 0. The van der Waals surface area contributed by atoms with E-state index < -0.39 is 0 Å². The number of aryl methyl sites for hydroxylation is 1. The lowest BCUT2D eigenvalue weighted by molar-refractivity contribution is -0.122. The van der Waals surface area contributed by atoms with Crippen LogP contribution in [-0.4, -0.2) is 41.3 Å². The number of benzene rings is 1. The van der Waals surface area contributed by atoms with Crippen molar-refractivity contribution in [3.05, 3.63) is 42.7 Å². The Bertz CT molecular complexity index is 714. The standard InChI is InChI=1S/C17H20N4O3/c1-24-15-6-3-2-5-14(15)21-12-13(11-17(21)23)19-16(22)7-10-20-9-4-8-18-20/h2-6,8-9,13H,7,10-12H2,1H3,(H,19,22).